The van der Waals surface area contributed by atoms with Gasteiger partial charge in [-0.15, -0.1) is 0 Å². The molecule has 0 bridgehead atoms. The van der Waals surface area contributed by atoms with E-state index in [-0.39, 0.29) is 11.9 Å². The summed E-state index contributed by atoms with van der Waals surface area (Å²) in [5.41, 5.74) is 4.15. The van der Waals surface area contributed by atoms with Crippen molar-refractivity contribution >= 4 is 28.7 Å². The van der Waals surface area contributed by atoms with Crippen molar-refractivity contribution in [2.75, 3.05) is 26.5 Å². The van der Waals surface area contributed by atoms with Gasteiger partial charge in [0.1, 0.15) is 5.82 Å². The molecule has 3 rings (SSSR count). The molecule has 0 saturated heterocycles. The predicted molar refractivity (Wildman–Crippen MR) is 115 cm³/mol. The van der Waals surface area contributed by atoms with Crippen molar-refractivity contribution in [1.29, 1.82) is 0 Å². The van der Waals surface area contributed by atoms with Gasteiger partial charge in [0.25, 0.3) is 5.91 Å². The van der Waals surface area contributed by atoms with Crippen LogP contribution >= 0.6 is 0 Å². The van der Waals surface area contributed by atoms with Crippen LogP contribution in [0.1, 0.15) is 28.7 Å². The molecule has 0 unspecified atom stereocenters. The molecule has 0 saturated carbocycles. The number of carbonyl (C=O) groups is 2. The Balaban J connectivity index is 1.82. The standard InChI is InChI=1S/C22H27N5O2/c1-6-27-19-11-10-16(21(28)25(3)4)13-18(19)24-20(27)14-26(5)22(29)23-17-9-7-8-15(2)12-17/h7-13H,6,14H2,1-5H3,(H,23,29). The zero-order valence-corrected chi connectivity index (χ0v) is 17.6. The van der Waals surface area contributed by atoms with Crippen molar-refractivity contribution in [3.63, 3.8) is 0 Å². The second-order valence-corrected chi connectivity index (χ2v) is 7.33. The van der Waals surface area contributed by atoms with Gasteiger partial charge in [0, 0.05) is 38.9 Å². The smallest absolute Gasteiger partial charge is 0.321 e. The maximum absolute atomic E-state index is 12.6. The summed E-state index contributed by atoms with van der Waals surface area (Å²) in [4.78, 5) is 32.7. The highest BCUT2D eigenvalue weighted by Gasteiger charge is 2.17. The van der Waals surface area contributed by atoms with Crippen LogP contribution in [-0.2, 0) is 13.1 Å². The summed E-state index contributed by atoms with van der Waals surface area (Å²) < 4.78 is 2.07. The van der Waals surface area contributed by atoms with E-state index in [1.54, 1.807) is 37.0 Å². The molecule has 3 amide bonds. The lowest BCUT2D eigenvalue weighted by atomic mass is 10.2. The second kappa shape index (κ2) is 8.34. The van der Waals surface area contributed by atoms with E-state index in [2.05, 4.69) is 9.88 Å². The minimum atomic E-state index is -0.200. The summed E-state index contributed by atoms with van der Waals surface area (Å²) in [7, 11) is 5.19. The second-order valence-electron chi connectivity index (χ2n) is 7.33. The van der Waals surface area contributed by atoms with Crippen molar-refractivity contribution < 1.29 is 9.59 Å². The molecule has 1 N–H and O–H groups in total. The Bertz CT molecular complexity index is 1050. The van der Waals surface area contributed by atoms with Crippen molar-refractivity contribution in [3.8, 4) is 0 Å². The minimum Gasteiger partial charge on any atom is -0.345 e. The van der Waals surface area contributed by atoms with Crippen LogP contribution in [0.5, 0.6) is 0 Å². The normalized spacial score (nSPS) is 10.8. The van der Waals surface area contributed by atoms with Gasteiger partial charge >= 0.3 is 6.03 Å². The van der Waals surface area contributed by atoms with E-state index in [9.17, 15) is 9.59 Å². The lowest BCUT2D eigenvalue weighted by Gasteiger charge is -2.18. The number of imidazole rings is 1. The average Bonchev–Trinajstić information content (AvgIpc) is 3.03. The lowest BCUT2D eigenvalue weighted by molar-refractivity contribution is 0.0827. The van der Waals surface area contributed by atoms with Crippen LogP contribution in [0.3, 0.4) is 0 Å². The fourth-order valence-corrected chi connectivity index (χ4v) is 3.27. The van der Waals surface area contributed by atoms with Gasteiger partial charge in [-0.2, -0.15) is 0 Å². The molecule has 1 heterocycles. The summed E-state index contributed by atoms with van der Waals surface area (Å²) in [5, 5.41) is 2.91. The Kier molecular flexibility index (Phi) is 5.87. The largest absolute Gasteiger partial charge is 0.345 e. The number of nitrogens with zero attached hydrogens (tertiary/aromatic N) is 4. The molecule has 0 radical (unpaired) electrons. The van der Waals surface area contributed by atoms with Gasteiger partial charge < -0.3 is 19.7 Å². The Morgan fingerprint density at radius 2 is 1.86 bits per heavy atom. The maximum Gasteiger partial charge on any atom is 0.321 e. The fraction of sp³-hybridized carbons (Fsp3) is 0.318. The van der Waals surface area contributed by atoms with E-state index in [1.807, 2.05) is 50.2 Å². The molecule has 7 nitrogen and oxygen atoms in total. The topological polar surface area (TPSA) is 70.5 Å². The Labute approximate surface area is 170 Å². The van der Waals surface area contributed by atoms with Crippen molar-refractivity contribution in [2.24, 2.45) is 0 Å². The first kappa shape index (κ1) is 20.4. The van der Waals surface area contributed by atoms with E-state index in [4.69, 9.17) is 4.98 Å². The van der Waals surface area contributed by atoms with Gasteiger partial charge in [-0.25, -0.2) is 9.78 Å². The molecule has 0 fully saturated rings. The molecule has 0 aliphatic carbocycles. The number of benzene rings is 2. The van der Waals surface area contributed by atoms with E-state index >= 15 is 0 Å². The number of carbonyl (C=O) groups excluding carboxylic acids is 2. The molecule has 2 aromatic carbocycles. The number of anilines is 1. The highest BCUT2D eigenvalue weighted by molar-refractivity contribution is 5.97. The zero-order valence-electron chi connectivity index (χ0n) is 17.6. The molecule has 1 aromatic heterocycles. The third-order valence-electron chi connectivity index (χ3n) is 4.79. The molecule has 0 spiro atoms. The van der Waals surface area contributed by atoms with Gasteiger partial charge in [-0.3, -0.25) is 4.79 Å². The summed E-state index contributed by atoms with van der Waals surface area (Å²) in [6.45, 7) is 5.10. The van der Waals surface area contributed by atoms with Gasteiger partial charge in [-0.05, 0) is 49.7 Å². The molecule has 152 valence electrons. The molecule has 0 aliphatic rings. The van der Waals surface area contributed by atoms with Crippen molar-refractivity contribution in [3.05, 3.63) is 59.4 Å². The Morgan fingerprint density at radius 3 is 2.52 bits per heavy atom. The van der Waals surface area contributed by atoms with Gasteiger partial charge in [0.15, 0.2) is 0 Å². The number of rotatable bonds is 5. The number of urea groups is 1. The Hall–Kier alpha value is -3.35. The first-order valence-electron chi connectivity index (χ1n) is 9.59. The first-order valence-corrected chi connectivity index (χ1v) is 9.59. The van der Waals surface area contributed by atoms with E-state index < -0.39 is 0 Å². The fourth-order valence-electron chi connectivity index (χ4n) is 3.27. The van der Waals surface area contributed by atoms with Crippen LogP contribution in [-0.4, -0.2) is 52.4 Å². The van der Waals surface area contributed by atoms with Gasteiger partial charge in [0.2, 0.25) is 0 Å². The summed E-state index contributed by atoms with van der Waals surface area (Å²) in [6, 6.07) is 13.0. The Morgan fingerprint density at radius 1 is 1.10 bits per heavy atom. The number of nitrogens with one attached hydrogen (secondary N) is 1. The van der Waals surface area contributed by atoms with Crippen LogP contribution in [0, 0.1) is 6.92 Å². The third-order valence-corrected chi connectivity index (χ3v) is 4.79. The zero-order chi connectivity index (χ0) is 21.1. The molecule has 0 atom stereocenters. The summed E-state index contributed by atoms with van der Waals surface area (Å²) in [5.74, 6) is 0.716. The highest BCUT2D eigenvalue weighted by Crippen LogP contribution is 2.20. The molecule has 0 aliphatic heterocycles. The van der Waals surface area contributed by atoms with Crippen LogP contribution in [0.2, 0.25) is 0 Å². The minimum absolute atomic E-state index is 0.0610. The quantitative estimate of drug-likeness (QED) is 0.718. The summed E-state index contributed by atoms with van der Waals surface area (Å²) in [6.07, 6.45) is 0. The first-order chi connectivity index (χ1) is 13.8. The summed E-state index contributed by atoms with van der Waals surface area (Å²) >= 11 is 0. The molecular weight excluding hydrogens is 366 g/mol. The van der Waals surface area contributed by atoms with Crippen molar-refractivity contribution in [1.82, 2.24) is 19.4 Å². The van der Waals surface area contributed by atoms with Crippen LogP contribution in [0.4, 0.5) is 10.5 Å². The third kappa shape index (κ3) is 4.39. The maximum atomic E-state index is 12.6. The average molecular weight is 393 g/mol. The number of fused-ring (bicyclic) bond motifs is 1. The number of aromatic nitrogens is 2. The number of hydrogen-bond donors (Lipinski definition) is 1. The van der Waals surface area contributed by atoms with E-state index in [0.717, 1.165) is 34.7 Å². The lowest BCUT2D eigenvalue weighted by Crippen LogP contribution is -2.31. The van der Waals surface area contributed by atoms with Crippen LogP contribution < -0.4 is 5.32 Å². The number of hydrogen-bond acceptors (Lipinski definition) is 3. The SMILES string of the molecule is CCn1c(CN(C)C(=O)Nc2cccc(C)c2)nc2cc(C(=O)N(C)C)ccc21. The van der Waals surface area contributed by atoms with Crippen LogP contribution in [0.15, 0.2) is 42.5 Å². The van der Waals surface area contributed by atoms with Crippen LogP contribution in [0.25, 0.3) is 11.0 Å². The number of amides is 3. The van der Waals surface area contributed by atoms with E-state index in [0.29, 0.717) is 12.1 Å². The van der Waals surface area contributed by atoms with Gasteiger partial charge in [0.05, 0.1) is 17.6 Å². The molecule has 3 aromatic rings. The van der Waals surface area contributed by atoms with E-state index in [1.165, 1.54) is 0 Å². The number of aryl methyl sites for hydroxylation is 2. The van der Waals surface area contributed by atoms with Gasteiger partial charge in [-0.1, -0.05) is 12.1 Å². The predicted octanol–water partition coefficient (Wildman–Crippen LogP) is 3.73. The molecular formula is C22H27N5O2. The van der Waals surface area contributed by atoms with Crippen molar-refractivity contribution in [2.45, 2.75) is 26.9 Å². The monoisotopic (exact) mass is 393 g/mol. The molecule has 7 heteroatoms. The molecule has 29 heavy (non-hydrogen) atoms. The highest BCUT2D eigenvalue weighted by atomic mass is 16.2.